The molecule has 0 aliphatic rings. The maximum Gasteiger partial charge on any atom is 0.338 e. The van der Waals surface area contributed by atoms with E-state index in [1.54, 1.807) is 19.1 Å². The van der Waals surface area contributed by atoms with E-state index in [9.17, 15) is 4.79 Å². The van der Waals surface area contributed by atoms with Crippen molar-refractivity contribution in [2.75, 3.05) is 44.4 Å². The van der Waals surface area contributed by atoms with E-state index in [0.717, 1.165) is 18.8 Å². The average Bonchev–Trinajstić information content (AvgIpc) is 2.41. The van der Waals surface area contributed by atoms with Crippen LogP contribution in [0.3, 0.4) is 0 Å². The minimum Gasteiger partial charge on any atom is -0.462 e. The first kappa shape index (κ1) is 17.3. The molecule has 0 aromatic heterocycles. The second-order valence-electron chi connectivity index (χ2n) is 5.39. The number of hydrogen-bond acceptors (Lipinski definition) is 5. The van der Waals surface area contributed by atoms with Gasteiger partial charge in [0.25, 0.3) is 0 Å². The van der Waals surface area contributed by atoms with Crippen LogP contribution in [-0.4, -0.2) is 50.7 Å². The van der Waals surface area contributed by atoms with Crippen molar-refractivity contribution in [3.8, 4) is 0 Å². The normalized spacial score (nSPS) is 12.3. The van der Waals surface area contributed by atoms with Gasteiger partial charge in [0.2, 0.25) is 0 Å². The predicted molar refractivity (Wildman–Crippen MR) is 87.8 cm³/mol. The summed E-state index contributed by atoms with van der Waals surface area (Å²) in [5, 5.41) is 0. The first-order chi connectivity index (χ1) is 9.90. The third-order valence-corrected chi connectivity index (χ3v) is 3.35. The zero-order chi connectivity index (χ0) is 16.0. The SMILES string of the molecule is CCOC(=O)c1ccc(N)c(N(CC)C(C)CN(C)C)c1. The Bertz CT molecular complexity index is 475. The maximum absolute atomic E-state index is 11.9. The molecule has 21 heavy (non-hydrogen) atoms. The summed E-state index contributed by atoms with van der Waals surface area (Å²) < 4.78 is 5.05. The van der Waals surface area contributed by atoms with Crippen molar-refractivity contribution in [1.29, 1.82) is 0 Å². The number of anilines is 2. The number of esters is 1. The predicted octanol–water partition coefficient (Wildman–Crippen LogP) is 2.22. The summed E-state index contributed by atoms with van der Waals surface area (Å²) in [6.45, 7) is 8.14. The number of carbonyl (C=O) groups is 1. The molecule has 0 aliphatic heterocycles. The van der Waals surface area contributed by atoms with Crippen LogP contribution in [0.4, 0.5) is 11.4 Å². The maximum atomic E-state index is 11.9. The lowest BCUT2D eigenvalue weighted by atomic mass is 10.1. The Morgan fingerprint density at radius 3 is 2.52 bits per heavy atom. The zero-order valence-electron chi connectivity index (χ0n) is 13.7. The summed E-state index contributed by atoms with van der Waals surface area (Å²) in [6, 6.07) is 5.60. The highest BCUT2D eigenvalue weighted by molar-refractivity contribution is 5.92. The molecule has 1 aromatic rings. The van der Waals surface area contributed by atoms with Gasteiger partial charge >= 0.3 is 5.97 Å². The van der Waals surface area contributed by atoms with Crippen LogP contribution >= 0.6 is 0 Å². The molecule has 0 spiro atoms. The van der Waals surface area contributed by atoms with Gasteiger partial charge in [-0.05, 0) is 53.1 Å². The Balaban J connectivity index is 3.08. The van der Waals surface area contributed by atoms with Crippen molar-refractivity contribution < 1.29 is 9.53 Å². The molecule has 1 atom stereocenters. The average molecular weight is 293 g/mol. The van der Waals surface area contributed by atoms with Crippen LogP contribution in [-0.2, 0) is 4.74 Å². The number of carbonyl (C=O) groups excluding carboxylic acids is 1. The van der Waals surface area contributed by atoms with Gasteiger partial charge in [0.1, 0.15) is 0 Å². The monoisotopic (exact) mass is 293 g/mol. The van der Waals surface area contributed by atoms with E-state index >= 15 is 0 Å². The second kappa shape index (κ2) is 7.88. The third kappa shape index (κ3) is 4.63. The Hall–Kier alpha value is -1.75. The summed E-state index contributed by atoms with van der Waals surface area (Å²) in [5.41, 5.74) is 8.20. The van der Waals surface area contributed by atoms with Crippen LogP contribution in [0, 0.1) is 0 Å². The zero-order valence-corrected chi connectivity index (χ0v) is 13.7. The molecule has 1 aromatic carbocycles. The van der Waals surface area contributed by atoms with Crippen molar-refractivity contribution in [2.24, 2.45) is 0 Å². The molecule has 118 valence electrons. The molecule has 1 rings (SSSR count). The Morgan fingerprint density at radius 1 is 1.33 bits per heavy atom. The molecule has 0 saturated carbocycles. The number of rotatable bonds is 7. The van der Waals surface area contributed by atoms with Gasteiger partial charge in [0.05, 0.1) is 23.5 Å². The van der Waals surface area contributed by atoms with Gasteiger partial charge < -0.3 is 20.3 Å². The van der Waals surface area contributed by atoms with Crippen molar-refractivity contribution >= 4 is 17.3 Å². The van der Waals surface area contributed by atoms with Crippen LogP contribution in [0.5, 0.6) is 0 Å². The smallest absolute Gasteiger partial charge is 0.338 e. The molecular weight excluding hydrogens is 266 g/mol. The van der Waals surface area contributed by atoms with E-state index < -0.39 is 0 Å². The van der Waals surface area contributed by atoms with Crippen LogP contribution < -0.4 is 10.6 Å². The quantitative estimate of drug-likeness (QED) is 0.617. The van der Waals surface area contributed by atoms with Crippen molar-refractivity contribution in [2.45, 2.75) is 26.8 Å². The fourth-order valence-electron chi connectivity index (χ4n) is 2.48. The van der Waals surface area contributed by atoms with Gasteiger partial charge in [-0.1, -0.05) is 0 Å². The summed E-state index contributed by atoms with van der Waals surface area (Å²) in [7, 11) is 4.09. The lowest BCUT2D eigenvalue weighted by Gasteiger charge is -2.33. The molecule has 0 fully saturated rings. The van der Waals surface area contributed by atoms with Crippen LogP contribution in [0.25, 0.3) is 0 Å². The molecule has 0 amide bonds. The number of nitrogen functional groups attached to an aromatic ring is 1. The standard InChI is InChI=1S/C16H27N3O2/c1-6-19(12(3)11-18(4)5)15-10-13(8-9-14(15)17)16(20)21-7-2/h8-10,12H,6-7,11,17H2,1-5H3. The van der Waals surface area contributed by atoms with E-state index in [2.05, 4.69) is 23.6 Å². The van der Waals surface area contributed by atoms with Crippen molar-refractivity contribution in [3.63, 3.8) is 0 Å². The number of likely N-dealkylation sites (N-methyl/N-ethyl adjacent to an activating group) is 2. The van der Waals surface area contributed by atoms with Gasteiger partial charge in [-0.3, -0.25) is 0 Å². The summed E-state index contributed by atoms with van der Waals surface area (Å²) in [4.78, 5) is 16.2. The fourth-order valence-corrected chi connectivity index (χ4v) is 2.48. The molecular formula is C16H27N3O2. The van der Waals surface area contributed by atoms with E-state index in [1.807, 2.05) is 20.2 Å². The summed E-state index contributed by atoms with van der Waals surface area (Å²) in [6.07, 6.45) is 0. The Morgan fingerprint density at radius 2 is 2.00 bits per heavy atom. The number of benzene rings is 1. The first-order valence-electron chi connectivity index (χ1n) is 7.38. The number of hydrogen-bond donors (Lipinski definition) is 1. The van der Waals surface area contributed by atoms with Crippen LogP contribution in [0.2, 0.25) is 0 Å². The van der Waals surface area contributed by atoms with E-state index in [4.69, 9.17) is 10.5 Å². The molecule has 5 heteroatoms. The van der Waals surface area contributed by atoms with Crippen molar-refractivity contribution in [3.05, 3.63) is 23.8 Å². The molecule has 5 nitrogen and oxygen atoms in total. The number of nitrogens with zero attached hydrogens (tertiary/aromatic N) is 2. The minimum absolute atomic E-state index is 0.296. The first-order valence-corrected chi connectivity index (χ1v) is 7.38. The van der Waals surface area contributed by atoms with Gasteiger partial charge in [-0.25, -0.2) is 4.79 Å². The molecule has 2 N–H and O–H groups in total. The minimum atomic E-state index is -0.310. The molecule has 0 heterocycles. The van der Waals surface area contributed by atoms with Gasteiger partial charge in [-0.2, -0.15) is 0 Å². The Labute approximate surface area is 127 Å². The highest BCUT2D eigenvalue weighted by Crippen LogP contribution is 2.27. The topological polar surface area (TPSA) is 58.8 Å². The van der Waals surface area contributed by atoms with Gasteiger partial charge in [0, 0.05) is 19.1 Å². The lowest BCUT2D eigenvalue weighted by molar-refractivity contribution is 0.0526. The molecule has 0 bridgehead atoms. The number of nitrogens with two attached hydrogens (primary N) is 1. The third-order valence-electron chi connectivity index (χ3n) is 3.35. The summed E-state index contributed by atoms with van der Waals surface area (Å²) in [5.74, 6) is -0.310. The van der Waals surface area contributed by atoms with Gasteiger partial charge in [0.15, 0.2) is 0 Å². The number of ether oxygens (including phenoxy) is 1. The summed E-state index contributed by atoms with van der Waals surface area (Å²) >= 11 is 0. The molecule has 0 radical (unpaired) electrons. The highest BCUT2D eigenvalue weighted by Gasteiger charge is 2.18. The van der Waals surface area contributed by atoms with Gasteiger partial charge in [-0.15, -0.1) is 0 Å². The molecule has 0 saturated heterocycles. The second-order valence-corrected chi connectivity index (χ2v) is 5.39. The highest BCUT2D eigenvalue weighted by atomic mass is 16.5. The van der Waals surface area contributed by atoms with Crippen LogP contribution in [0.1, 0.15) is 31.1 Å². The molecule has 1 unspecified atom stereocenters. The van der Waals surface area contributed by atoms with E-state index in [0.29, 0.717) is 23.9 Å². The largest absolute Gasteiger partial charge is 0.462 e. The molecule has 0 aliphatic carbocycles. The Kier molecular flexibility index (Phi) is 6.49. The van der Waals surface area contributed by atoms with E-state index in [1.165, 1.54) is 0 Å². The lowest BCUT2D eigenvalue weighted by Crippen LogP contribution is -2.40. The van der Waals surface area contributed by atoms with E-state index in [-0.39, 0.29) is 5.97 Å². The van der Waals surface area contributed by atoms with Crippen molar-refractivity contribution in [1.82, 2.24) is 4.90 Å². The van der Waals surface area contributed by atoms with Crippen LogP contribution in [0.15, 0.2) is 18.2 Å². The fraction of sp³-hybridized carbons (Fsp3) is 0.562.